The fourth-order valence-electron chi connectivity index (χ4n) is 1.10. The lowest BCUT2D eigenvalue weighted by molar-refractivity contribution is -0.147. The van der Waals surface area contributed by atoms with Crippen LogP contribution in [0.15, 0.2) is 0 Å². The van der Waals surface area contributed by atoms with Gasteiger partial charge in [-0.1, -0.05) is 0 Å². The van der Waals surface area contributed by atoms with Crippen LogP contribution in [0.4, 0.5) is 0 Å². The summed E-state index contributed by atoms with van der Waals surface area (Å²) in [7, 11) is 1.49. The Labute approximate surface area is 95.5 Å². The molecule has 0 fully saturated rings. The van der Waals surface area contributed by atoms with E-state index in [0.717, 1.165) is 0 Å². The zero-order chi connectivity index (χ0) is 12.6. The third-order valence-corrected chi connectivity index (χ3v) is 2.03. The summed E-state index contributed by atoms with van der Waals surface area (Å²) in [5, 5.41) is 2.51. The maximum Gasteiger partial charge on any atom is 0.328 e. The molecule has 6 heteroatoms. The van der Waals surface area contributed by atoms with Crippen LogP contribution in [0.25, 0.3) is 0 Å². The lowest BCUT2D eigenvalue weighted by Gasteiger charge is -2.15. The molecule has 0 rings (SSSR count). The number of rotatable bonds is 7. The topological polar surface area (TPSA) is 90.7 Å². The van der Waals surface area contributed by atoms with E-state index in [1.54, 1.807) is 13.8 Å². The molecule has 0 aromatic carbocycles. The molecule has 0 saturated carbocycles. The first-order valence-corrected chi connectivity index (χ1v) is 5.24. The summed E-state index contributed by atoms with van der Waals surface area (Å²) in [4.78, 5) is 22.6. The standard InChI is InChI=1S/C10H20N2O4/c1-4-16-10(14)7(2)12-9(13)5-8(6-11)15-3/h7-8H,4-6,11H2,1-3H3,(H,12,13). The minimum absolute atomic E-state index is 0.136. The number of esters is 1. The van der Waals surface area contributed by atoms with Crippen molar-refractivity contribution in [3.63, 3.8) is 0 Å². The molecule has 0 aliphatic rings. The van der Waals surface area contributed by atoms with Gasteiger partial charge in [0.1, 0.15) is 6.04 Å². The monoisotopic (exact) mass is 232 g/mol. The van der Waals surface area contributed by atoms with Gasteiger partial charge in [-0.05, 0) is 13.8 Å². The Morgan fingerprint density at radius 2 is 2.06 bits per heavy atom. The number of hydrogen-bond donors (Lipinski definition) is 2. The van der Waals surface area contributed by atoms with E-state index in [-0.39, 0.29) is 25.0 Å². The van der Waals surface area contributed by atoms with E-state index in [9.17, 15) is 9.59 Å². The Kier molecular flexibility index (Phi) is 7.49. The van der Waals surface area contributed by atoms with Crippen LogP contribution < -0.4 is 11.1 Å². The predicted octanol–water partition coefficient (Wildman–Crippen LogP) is -0.582. The molecule has 0 spiro atoms. The molecule has 0 bridgehead atoms. The minimum Gasteiger partial charge on any atom is -0.464 e. The van der Waals surface area contributed by atoms with Crippen molar-refractivity contribution >= 4 is 11.9 Å². The summed E-state index contributed by atoms with van der Waals surface area (Å²) in [6.45, 7) is 3.84. The van der Waals surface area contributed by atoms with Gasteiger partial charge < -0.3 is 20.5 Å². The second-order valence-electron chi connectivity index (χ2n) is 3.34. The van der Waals surface area contributed by atoms with Gasteiger partial charge in [0, 0.05) is 13.7 Å². The second kappa shape index (κ2) is 8.06. The molecule has 6 nitrogen and oxygen atoms in total. The molecule has 2 atom stereocenters. The predicted molar refractivity (Wildman–Crippen MR) is 58.7 cm³/mol. The summed E-state index contributed by atoms with van der Waals surface area (Å²) in [6.07, 6.45) is -0.189. The van der Waals surface area contributed by atoms with Crippen molar-refractivity contribution in [3.05, 3.63) is 0 Å². The van der Waals surface area contributed by atoms with Gasteiger partial charge in [-0.3, -0.25) is 4.79 Å². The summed E-state index contributed by atoms with van der Waals surface area (Å²) in [5.74, 6) is -0.726. The van der Waals surface area contributed by atoms with Gasteiger partial charge in [0.25, 0.3) is 0 Å². The molecule has 2 unspecified atom stereocenters. The normalized spacial score (nSPS) is 14.0. The zero-order valence-corrected chi connectivity index (χ0v) is 9.99. The van der Waals surface area contributed by atoms with E-state index in [1.807, 2.05) is 0 Å². The van der Waals surface area contributed by atoms with Gasteiger partial charge in [-0.25, -0.2) is 4.79 Å². The average Bonchev–Trinajstić information content (AvgIpc) is 2.26. The molecule has 0 aliphatic carbocycles. The maximum atomic E-state index is 11.4. The Hall–Kier alpha value is -1.14. The van der Waals surface area contributed by atoms with Crippen LogP contribution in [0.2, 0.25) is 0 Å². The van der Waals surface area contributed by atoms with Crippen LogP contribution in [-0.2, 0) is 19.1 Å². The van der Waals surface area contributed by atoms with E-state index >= 15 is 0 Å². The molecule has 94 valence electrons. The number of ether oxygens (including phenoxy) is 2. The molecule has 0 aromatic heterocycles. The molecular formula is C10H20N2O4. The van der Waals surface area contributed by atoms with E-state index in [4.69, 9.17) is 15.2 Å². The number of amides is 1. The van der Waals surface area contributed by atoms with Gasteiger partial charge in [-0.15, -0.1) is 0 Å². The lowest BCUT2D eigenvalue weighted by Crippen LogP contribution is -2.41. The van der Waals surface area contributed by atoms with Crippen molar-refractivity contribution in [1.82, 2.24) is 5.32 Å². The molecule has 0 radical (unpaired) electrons. The zero-order valence-electron chi connectivity index (χ0n) is 9.99. The second-order valence-corrected chi connectivity index (χ2v) is 3.34. The fraction of sp³-hybridized carbons (Fsp3) is 0.800. The van der Waals surface area contributed by atoms with Crippen molar-refractivity contribution in [2.75, 3.05) is 20.3 Å². The summed E-state index contributed by atoms with van der Waals surface area (Å²) >= 11 is 0. The highest BCUT2D eigenvalue weighted by Gasteiger charge is 2.18. The first-order valence-electron chi connectivity index (χ1n) is 5.24. The maximum absolute atomic E-state index is 11.4. The Balaban J connectivity index is 3.99. The Morgan fingerprint density at radius 1 is 1.44 bits per heavy atom. The molecule has 1 amide bonds. The minimum atomic E-state index is -0.650. The third-order valence-electron chi connectivity index (χ3n) is 2.03. The van der Waals surface area contributed by atoms with Crippen molar-refractivity contribution in [2.24, 2.45) is 5.73 Å². The number of nitrogens with two attached hydrogens (primary N) is 1. The van der Waals surface area contributed by atoms with Gasteiger partial charge >= 0.3 is 5.97 Å². The molecule has 0 aromatic rings. The van der Waals surface area contributed by atoms with Crippen LogP contribution in [0.1, 0.15) is 20.3 Å². The molecule has 0 heterocycles. The molecule has 16 heavy (non-hydrogen) atoms. The fourth-order valence-corrected chi connectivity index (χ4v) is 1.10. The lowest BCUT2D eigenvalue weighted by atomic mass is 10.2. The summed E-state index contributed by atoms with van der Waals surface area (Å²) in [6, 6.07) is -0.650. The first-order chi connectivity index (χ1) is 7.54. The molecule has 0 aliphatic heterocycles. The molecular weight excluding hydrogens is 212 g/mol. The quantitative estimate of drug-likeness (QED) is 0.573. The molecule has 0 saturated heterocycles. The highest BCUT2D eigenvalue weighted by molar-refractivity contribution is 5.84. The van der Waals surface area contributed by atoms with Crippen LogP contribution >= 0.6 is 0 Å². The third kappa shape index (κ3) is 5.67. The van der Waals surface area contributed by atoms with Gasteiger partial charge in [0.05, 0.1) is 19.1 Å². The number of methoxy groups -OCH3 is 1. The van der Waals surface area contributed by atoms with Gasteiger partial charge in [0.2, 0.25) is 5.91 Å². The highest BCUT2D eigenvalue weighted by Crippen LogP contribution is 1.96. The van der Waals surface area contributed by atoms with E-state index in [2.05, 4.69) is 5.32 Å². The summed E-state index contributed by atoms with van der Waals surface area (Å²) < 4.78 is 9.71. The van der Waals surface area contributed by atoms with E-state index < -0.39 is 12.0 Å². The van der Waals surface area contributed by atoms with Crippen LogP contribution in [0.5, 0.6) is 0 Å². The van der Waals surface area contributed by atoms with Crippen molar-refractivity contribution in [3.8, 4) is 0 Å². The smallest absolute Gasteiger partial charge is 0.328 e. The largest absolute Gasteiger partial charge is 0.464 e. The Morgan fingerprint density at radius 3 is 2.50 bits per heavy atom. The first kappa shape index (κ1) is 14.9. The van der Waals surface area contributed by atoms with Crippen LogP contribution in [0, 0.1) is 0 Å². The van der Waals surface area contributed by atoms with Crippen molar-refractivity contribution in [2.45, 2.75) is 32.4 Å². The summed E-state index contributed by atoms with van der Waals surface area (Å²) in [5.41, 5.74) is 5.37. The van der Waals surface area contributed by atoms with Gasteiger partial charge in [0.15, 0.2) is 0 Å². The average molecular weight is 232 g/mol. The van der Waals surface area contributed by atoms with Crippen LogP contribution in [-0.4, -0.2) is 44.3 Å². The highest BCUT2D eigenvalue weighted by atomic mass is 16.5. The molecule has 3 N–H and O–H groups in total. The number of hydrogen-bond acceptors (Lipinski definition) is 5. The van der Waals surface area contributed by atoms with Gasteiger partial charge in [-0.2, -0.15) is 0 Å². The SMILES string of the molecule is CCOC(=O)C(C)NC(=O)CC(CN)OC. The number of nitrogens with one attached hydrogen (secondary N) is 1. The van der Waals surface area contributed by atoms with Crippen LogP contribution in [0.3, 0.4) is 0 Å². The van der Waals surface area contributed by atoms with Crippen molar-refractivity contribution in [1.29, 1.82) is 0 Å². The van der Waals surface area contributed by atoms with E-state index in [1.165, 1.54) is 7.11 Å². The number of carbonyl (C=O) groups is 2. The Bertz CT molecular complexity index is 229. The van der Waals surface area contributed by atoms with E-state index in [0.29, 0.717) is 6.61 Å². The van der Waals surface area contributed by atoms with Crippen molar-refractivity contribution < 1.29 is 19.1 Å². The number of carbonyl (C=O) groups excluding carboxylic acids is 2.